The number of aryl methyl sites for hydroxylation is 2. The van der Waals surface area contributed by atoms with Gasteiger partial charge in [-0.05, 0) is 61.4 Å². The highest BCUT2D eigenvalue weighted by molar-refractivity contribution is 7.15. The Bertz CT molecular complexity index is 1240. The molecule has 0 fully saturated rings. The van der Waals surface area contributed by atoms with Crippen LogP contribution < -0.4 is 10.6 Å². The van der Waals surface area contributed by atoms with Crippen LogP contribution in [-0.2, 0) is 16.0 Å². The van der Waals surface area contributed by atoms with Crippen molar-refractivity contribution >= 4 is 45.4 Å². The molecule has 2 heterocycles. The van der Waals surface area contributed by atoms with Crippen molar-refractivity contribution in [2.45, 2.75) is 20.3 Å². The lowest BCUT2D eigenvalue weighted by Gasteiger charge is -2.08. The molecule has 31 heavy (non-hydrogen) atoms. The average molecular weight is 454 g/mol. The number of benzene rings is 2. The van der Waals surface area contributed by atoms with Crippen molar-refractivity contribution in [3.63, 3.8) is 0 Å². The fourth-order valence-corrected chi connectivity index (χ4v) is 4.22. The predicted molar refractivity (Wildman–Crippen MR) is 123 cm³/mol. The number of halogens is 1. The van der Waals surface area contributed by atoms with Gasteiger partial charge in [-0.3, -0.25) is 9.59 Å². The third-order valence-electron chi connectivity index (χ3n) is 4.60. The minimum absolute atomic E-state index is 0.307. The molecule has 0 aliphatic rings. The molecule has 0 radical (unpaired) electrons. The minimum Gasteiger partial charge on any atom is -0.347 e. The number of carbonyl (C=O) groups excluding carboxylic acids is 2. The van der Waals surface area contributed by atoms with Crippen molar-refractivity contribution in [1.82, 2.24) is 19.9 Å². The molecule has 4 aromatic rings. The lowest BCUT2D eigenvalue weighted by atomic mass is 10.1. The Kier molecular flexibility index (Phi) is 6.01. The Hall–Kier alpha value is -3.23. The van der Waals surface area contributed by atoms with Gasteiger partial charge >= 0.3 is 11.8 Å². The van der Waals surface area contributed by atoms with Crippen LogP contribution in [0.4, 0.5) is 5.69 Å². The van der Waals surface area contributed by atoms with E-state index in [9.17, 15) is 9.59 Å². The zero-order chi connectivity index (χ0) is 22.0. The molecule has 0 atom stereocenters. The van der Waals surface area contributed by atoms with Crippen LogP contribution in [0.1, 0.15) is 16.8 Å². The summed E-state index contributed by atoms with van der Waals surface area (Å²) < 4.78 is 1.76. The molecule has 9 heteroatoms. The summed E-state index contributed by atoms with van der Waals surface area (Å²) in [6, 6.07) is 13.0. The van der Waals surface area contributed by atoms with Gasteiger partial charge in [0.1, 0.15) is 0 Å². The number of aromatic nitrogens is 3. The first-order valence-corrected chi connectivity index (χ1v) is 10.9. The van der Waals surface area contributed by atoms with Crippen LogP contribution >= 0.6 is 22.9 Å². The Morgan fingerprint density at radius 3 is 2.48 bits per heavy atom. The van der Waals surface area contributed by atoms with E-state index in [2.05, 4.69) is 20.7 Å². The molecule has 0 bridgehead atoms. The predicted octanol–water partition coefficient (Wildman–Crippen LogP) is 4.03. The summed E-state index contributed by atoms with van der Waals surface area (Å²) in [5.74, 6) is -0.751. The maximum Gasteiger partial charge on any atom is 0.313 e. The van der Waals surface area contributed by atoms with E-state index < -0.39 is 11.8 Å². The highest BCUT2D eigenvalue weighted by Gasteiger charge is 2.15. The molecule has 2 aromatic heterocycles. The Morgan fingerprint density at radius 2 is 1.77 bits per heavy atom. The van der Waals surface area contributed by atoms with Gasteiger partial charge in [0.25, 0.3) is 0 Å². The van der Waals surface area contributed by atoms with Gasteiger partial charge < -0.3 is 10.6 Å². The number of amides is 2. The third-order valence-corrected chi connectivity index (χ3v) is 5.72. The Balaban J connectivity index is 1.36. The van der Waals surface area contributed by atoms with Gasteiger partial charge in [0.05, 0.1) is 5.69 Å². The quantitative estimate of drug-likeness (QED) is 0.446. The lowest BCUT2D eigenvalue weighted by Crippen LogP contribution is -2.36. The van der Waals surface area contributed by atoms with E-state index in [1.54, 1.807) is 16.6 Å². The van der Waals surface area contributed by atoms with Crippen molar-refractivity contribution in [3.8, 4) is 11.4 Å². The van der Waals surface area contributed by atoms with Crippen LogP contribution in [0.5, 0.6) is 0 Å². The van der Waals surface area contributed by atoms with Crippen molar-refractivity contribution in [2.75, 3.05) is 11.9 Å². The SMILES string of the molecule is Cc1cc(C)cc(NC(=O)C(=O)NCCc2csc3nc(-c4ccc(Cl)cc4)nn23)c1. The molecule has 0 aliphatic heterocycles. The summed E-state index contributed by atoms with van der Waals surface area (Å²) >= 11 is 7.41. The van der Waals surface area contributed by atoms with Crippen LogP contribution in [0.3, 0.4) is 0 Å². The van der Waals surface area contributed by atoms with Gasteiger partial charge in [0, 0.05) is 34.6 Å². The molecule has 0 saturated heterocycles. The fraction of sp³-hybridized carbons (Fsp3) is 0.182. The maximum absolute atomic E-state index is 12.2. The lowest BCUT2D eigenvalue weighted by molar-refractivity contribution is -0.136. The summed E-state index contributed by atoms with van der Waals surface area (Å²) in [6.07, 6.45) is 0.520. The van der Waals surface area contributed by atoms with Crippen LogP contribution in [-0.4, -0.2) is 33.0 Å². The average Bonchev–Trinajstić information content (AvgIpc) is 3.29. The second kappa shape index (κ2) is 8.87. The Morgan fingerprint density at radius 1 is 1.06 bits per heavy atom. The highest BCUT2D eigenvalue weighted by Crippen LogP contribution is 2.22. The molecule has 2 aromatic carbocycles. The first kappa shape index (κ1) is 21.0. The second-order valence-electron chi connectivity index (χ2n) is 7.20. The van der Waals surface area contributed by atoms with Crippen LogP contribution in [0.2, 0.25) is 5.02 Å². The summed E-state index contributed by atoms with van der Waals surface area (Å²) in [7, 11) is 0. The van der Waals surface area contributed by atoms with E-state index >= 15 is 0 Å². The van der Waals surface area contributed by atoms with Crippen LogP contribution in [0, 0.1) is 13.8 Å². The first-order chi connectivity index (χ1) is 14.9. The van der Waals surface area contributed by atoms with Gasteiger partial charge in [-0.15, -0.1) is 16.4 Å². The van der Waals surface area contributed by atoms with Gasteiger partial charge in [-0.2, -0.15) is 4.98 Å². The number of rotatable bonds is 5. The number of anilines is 1. The maximum atomic E-state index is 12.2. The normalized spacial score (nSPS) is 10.9. The van der Waals surface area contributed by atoms with Crippen molar-refractivity contribution < 1.29 is 9.59 Å². The minimum atomic E-state index is -0.689. The zero-order valence-corrected chi connectivity index (χ0v) is 18.5. The number of fused-ring (bicyclic) bond motifs is 1. The van der Waals surface area contributed by atoms with E-state index in [4.69, 9.17) is 11.6 Å². The Labute approximate surface area is 188 Å². The molecule has 158 valence electrons. The molecule has 0 aliphatic carbocycles. The summed E-state index contributed by atoms with van der Waals surface area (Å²) in [6.45, 7) is 4.18. The summed E-state index contributed by atoms with van der Waals surface area (Å²) in [5.41, 5.74) is 4.42. The molecule has 2 amide bonds. The number of carbonyl (C=O) groups is 2. The number of hydrogen-bond donors (Lipinski definition) is 2. The third kappa shape index (κ3) is 4.92. The molecular formula is C22H20ClN5O2S. The number of nitrogens with zero attached hydrogens (tertiary/aromatic N) is 3. The smallest absolute Gasteiger partial charge is 0.313 e. The van der Waals surface area contributed by atoms with E-state index in [1.165, 1.54) is 11.3 Å². The largest absolute Gasteiger partial charge is 0.347 e. The molecule has 2 N–H and O–H groups in total. The van der Waals surface area contributed by atoms with Gasteiger partial charge in [0.15, 0.2) is 5.82 Å². The number of hydrogen-bond acceptors (Lipinski definition) is 5. The standard InChI is InChI=1S/C22H20ClN5O2S/c1-13-9-14(2)11-17(10-13)25-21(30)20(29)24-8-7-18-12-31-22-26-19(27-28(18)22)15-3-5-16(23)6-4-15/h3-6,9-12H,7-8H2,1-2H3,(H,24,29)(H,25,30). The van der Waals surface area contributed by atoms with Crippen molar-refractivity contribution in [3.05, 3.63) is 69.7 Å². The molecular weight excluding hydrogens is 434 g/mol. The molecule has 0 spiro atoms. The van der Waals surface area contributed by atoms with E-state index in [0.717, 1.165) is 27.3 Å². The molecule has 7 nitrogen and oxygen atoms in total. The van der Waals surface area contributed by atoms with E-state index in [0.29, 0.717) is 29.5 Å². The van der Waals surface area contributed by atoms with Crippen LogP contribution in [0.25, 0.3) is 16.3 Å². The fourth-order valence-electron chi connectivity index (χ4n) is 3.24. The number of thiazole rings is 1. The van der Waals surface area contributed by atoms with Crippen LogP contribution in [0.15, 0.2) is 47.8 Å². The van der Waals surface area contributed by atoms with Gasteiger partial charge in [-0.25, -0.2) is 4.52 Å². The highest BCUT2D eigenvalue weighted by atomic mass is 35.5. The first-order valence-electron chi connectivity index (χ1n) is 9.65. The van der Waals surface area contributed by atoms with Gasteiger partial charge in [0.2, 0.25) is 4.96 Å². The van der Waals surface area contributed by atoms with Gasteiger partial charge in [-0.1, -0.05) is 17.7 Å². The summed E-state index contributed by atoms with van der Waals surface area (Å²) in [5, 5.41) is 12.5. The van der Waals surface area contributed by atoms with E-state index in [-0.39, 0.29) is 0 Å². The monoisotopic (exact) mass is 453 g/mol. The summed E-state index contributed by atoms with van der Waals surface area (Å²) in [4.78, 5) is 29.6. The van der Waals surface area contributed by atoms with Crippen molar-refractivity contribution in [1.29, 1.82) is 0 Å². The zero-order valence-electron chi connectivity index (χ0n) is 17.0. The number of nitrogens with one attached hydrogen (secondary N) is 2. The molecule has 0 saturated carbocycles. The second-order valence-corrected chi connectivity index (χ2v) is 8.47. The van der Waals surface area contributed by atoms with Crippen molar-refractivity contribution in [2.24, 2.45) is 0 Å². The molecule has 4 rings (SSSR count). The van der Waals surface area contributed by atoms with E-state index in [1.807, 2.05) is 49.6 Å². The molecule has 0 unspecified atom stereocenters. The topological polar surface area (TPSA) is 88.4 Å².